The van der Waals surface area contributed by atoms with Gasteiger partial charge in [-0.1, -0.05) is 20.3 Å². The highest BCUT2D eigenvalue weighted by Crippen LogP contribution is 2.05. The summed E-state index contributed by atoms with van der Waals surface area (Å²) in [5.74, 6) is -0.155. The summed E-state index contributed by atoms with van der Waals surface area (Å²) in [5, 5.41) is 2.07. The summed E-state index contributed by atoms with van der Waals surface area (Å²) in [6, 6.07) is 0. The number of aliphatic imine (C=N–C) groups is 1. The van der Waals surface area contributed by atoms with Crippen molar-refractivity contribution < 1.29 is 4.79 Å². The van der Waals surface area contributed by atoms with E-state index in [1.165, 1.54) is 0 Å². The molecule has 1 amide bonds. The van der Waals surface area contributed by atoms with Gasteiger partial charge < -0.3 is 0 Å². The number of amides is 1. The first-order chi connectivity index (χ1) is 4.72. The fourth-order valence-corrected chi connectivity index (χ4v) is 0.802. The fourth-order valence-electron chi connectivity index (χ4n) is 0.712. The zero-order valence-electron chi connectivity index (χ0n) is 6.26. The van der Waals surface area contributed by atoms with Crippen LogP contribution in [0.3, 0.4) is 0 Å². The number of hydrogen-bond donors (Lipinski definition) is 0. The third kappa shape index (κ3) is 3.49. The van der Waals surface area contributed by atoms with Crippen molar-refractivity contribution in [1.29, 1.82) is 0 Å². The lowest BCUT2D eigenvalue weighted by atomic mass is 10.1. The van der Waals surface area contributed by atoms with Crippen LogP contribution in [-0.4, -0.2) is 11.1 Å². The molecular weight excluding hydrogens is 146 g/mol. The van der Waals surface area contributed by atoms with Crippen molar-refractivity contribution in [2.75, 3.05) is 0 Å². The van der Waals surface area contributed by atoms with Crippen molar-refractivity contribution in [3.05, 3.63) is 0 Å². The standard InChI is InChI=1S/C7H11NOS/c1-3-4-6(2)7(9)8-5-10/h6H,3-4H2,1-2H3. The van der Waals surface area contributed by atoms with E-state index in [9.17, 15) is 4.79 Å². The number of carbonyl (C=O) groups is 1. The first kappa shape index (κ1) is 9.47. The molecule has 56 valence electrons. The van der Waals surface area contributed by atoms with Crippen LogP contribution < -0.4 is 0 Å². The van der Waals surface area contributed by atoms with Crippen LogP contribution in [0.15, 0.2) is 4.99 Å². The van der Waals surface area contributed by atoms with Gasteiger partial charge in [-0.3, -0.25) is 4.79 Å². The summed E-state index contributed by atoms with van der Waals surface area (Å²) in [7, 11) is 0. The highest BCUT2D eigenvalue weighted by molar-refractivity contribution is 7.78. The van der Waals surface area contributed by atoms with Gasteiger partial charge >= 0.3 is 0 Å². The lowest BCUT2D eigenvalue weighted by molar-refractivity contribution is -0.121. The summed E-state index contributed by atoms with van der Waals surface area (Å²) in [5.41, 5.74) is 0. The Morgan fingerprint density at radius 1 is 1.80 bits per heavy atom. The Labute approximate surface area is 66.3 Å². The molecule has 0 aromatic carbocycles. The highest BCUT2D eigenvalue weighted by atomic mass is 32.1. The lowest BCUT2D eigenvalue weighted by Crippen LogP contribution is -2.06. The quantitative estimate of drug-likeness (QED) is 0.463. The largest absolute Gasteiger partial charge is 0.272 e. The zero-order valence-corrected chi connectivity index (χ0v) is 7.07. The average molecular weight is 157 g/mol. The molecule has 0 rings (SSSR count). The molecule has 1 atom stereocenters. The van der Waals surface area contributed by atoms with Gasteiger partial charge in [0.1, 0.15) is 0 Å². The molecule has 3 heteroatoms. The average Bonchev–Trinajstić information content (AvgIpc) is 1.89. The lowest BCUT2D eigenvalue weighted by Gasteiger charge is -2.01. The summed E-state index contributed by atoms with van der Waals surface area (Å²) in [6.07, 6.45) is 1.87. The van der Waals surface area contributed by atoms with Gasteiger partial charge in [-0.15, -0.1) is 0 Å². The maximum absolute atomic E-state index is 10.8. The van der Waals surface area contributed by atoms with Crippen molar-refractivity contribution in [3.63, 3.8) is 0 Å². The van der Waals surface area contributed by atoms with Gasteiger partial charge in [0.15, 0.2) is 0 Å². The van der Waals surface area contributed by atoms with Crippen molar-refractivity contribution in [2.45, 2.75) is 26.7 Å². The molecule has 0 radical (unpaired) electrons. The van der Waals surface area contributed by atoms with Gasteiger partial charge in [-0.05, 0) is 18.6 Å². The third-order valence-electron chi connectivity index (χ3n) is 1.30. The van der Waals surface area contributed by atoms with Crippen LogP contribution in [0.4, 0.5) is 0 Å². The molecule has 0 aromatic rings. The molecule has 0 aliphatic carbocycles. The Hall–Kier alpha value is -0.530. The van der Waals surface area contributed by atoms with E-state index in [1.807, 2.05) is 13.8 Å². The molecule has 10 heavy (non-hydrogen) atoms. The number of isothiocyanates is 1. The predicted molar refractivity (Wildman–Crippen MR) is 44.1 cm³/mol. The third-order valence-corrected chi connectivity index (χ3v) is 1.39. The molecule has 0 aliphatic rings. The fraction of sp³-hybridized carbons (Fsp3) is 0.714. The summed E-state index contributed by atoms with van der Waals surface area (Å²) < 4.78 is 0. The summed E-state index contributed by atoms with van der Waals surface area (Å²) >= 11 is 4.29. The van der Waals surface area contributed by atoms with E-state index in [-0.39, 0.29) is 11.8 Å². The van der Waals surface area contributed by atoms with Crippen LogP contribution in [0.5, 0.6) is 0 Å². The summed E-state index contributed by atoms with van der Waals surface area (Å²) in [4.78, 5) is 14.2. The Morgan fingerprint density at radius 2 is 2.40 bits per heavy atom. The Bertz CT molecular complexity index is 161. The Kier molecular flexibility index (Phi) is 4.99. The maximum Gasteiger partial charge on any atom is 0.257 e. The SMILES string of the molecule is CCCC(C)C(=O)N=C=S. The van der Waals surface area contributed by atoms with E-state index in [0.717, 1.165) is 12.8 Å². The normalized spacial score (nSPS) is 11.8. The molecule has 0 fully saturated rings. The van der Waals surface area contributed by atoms with Crippen LogP contribution in [0, 0.1) is 5.92 Å². The number of carbonyl (C=O) groups excluding carboxylic acids is 1. The molecule has 0 bridgehead atoms. The molecular formula is C7H11NOS. The van der Waals surface area contributed by atoms with Gasteiger partial charge in [0.05, 0.1) is 5.16 Å². The van der Waals surface area contributed by atoms with E-state index in [4.69, 9.17) is 0 Å². The minimum absolute atomic E-state index is 0.000417. The topological polar surface area (TPSA) is 29.4 Å². The number of nitrogens with zero attached hydrogens (tertiary/aromatic N) is 1. The molecule has 0 spiro atoms. The smallest absolute Gasteiger partial charge is 0.257 e. The van der Waals surface area contributed by atoms with E-state index >= 15 is 0 Å². The van der Waals surface area contributed by atoms with Gasteiger partial charge in [-0.25, -0.2) is 0 Å². The molecule has 0 heterocycles. The van der Waals surface area contributed by atoms with Crippen molar-refractivity contribution in [1.82, 2.24) is 0 Å². The molecule has 0 aromatic heterocycles. The highest BCUT2D eigenvalue weighted by Gasteiger charge is 2.08. The number of hydrogen-bond acceptors (Lipinski definition) is 2. The zero-order chi connectivity index (χ0) is 7.98. The second-order valence-corrected chi connectivity index (χ2v) is 2.41. The molecule has 0 aliphatic heterocycles. The van der Waals surface area contributed by atoms with E-state index in [2.05, 4.69) is 22.4 Å². The van der Waals surface area contributed by atoms with E-state index < -0.39 is 0 Å². The van der Waals surface area contributed by atoms with E-state index in [1.54, 1.807) is 0 Å². The summed E-state index contributed by atoms with van der Waals surface area (Å²) in [6.45, 7) is 3.88. The van der Waals surface area contributed by atoms with Crippen LogP contribution in [0.1, 0.15) is 26.7 Å². The Morgan fingerprint density at radius 3 is 2.80 bits per heavy atom. The molecule has 0 saturated heterocycles. The second kappa shape index (κ2) is 5.27. The van der Waals surface area contributed by atoms with Crippen LogP contribution in [0.25, 0.3) is 0 Å². The van der Waals surface area contributed by atoms with Gasteiger partial charge in [-0.2, -0.15) is 4.99 Å². The van der Waals surface area contributed by atoms with E-state index in [0.29, 0.717) is 0 Å². The van der Waals surface area contributed by atoms with Crippen LogP contribution in [0.2, 0.25) is 0 Å². The van der Waals surface area contributed by atoms with Gasteiger partial charge in [0, 0.05) is 5.92 Å². The number of thiocarbonyl (C=S) groups is 1. The van der Waals surface area contributed by atoms with Gasteiger partial charge in [0.25, 0.3) is 5.91 Å². The molecule has 1 unspecified atom stereocenters. The second-order valence-electron chi connectivity index (χ2n) is 2.23. The Balaban J connectivity index is 3.81. The molecule has 0 N–H and O–H groups in total. The minimum Gasteiger partial charge on any atom is -0.272 e. The first-order valence-corrected chi connectivity index (χ1v) is 3.75. The van der Waals surface area contributed by atoms with Crippen molar-refractivity contribution in [3.8, 4) is 0 Å². The maximum atomic E-state index is 10.8. The van der Waals surface area contributed by atoms with Gasteiger partial charge in [0.2, 0.25) is 0 Å². The van der Waals surface area contributed by atoms with Crippen LogP contribution >= 0.6 is 12.2 Å². The predicted octanol–water partition coefficient (Wildman–Crippen LogP) is 2.05. The van der Waals surface area contributed by atoms with Crippen molar-refractivity contribution >= 4 is 23.3 Å². The molecule has 2 nitrogen and oxygen atoms in total. The van der Waals surface area contributed by atoms with Crippen LogP contribution in [-0.2, 0) is 4.79 Å². The number of rotatable bonds is 3. The minimum atomic E-state index is -0.156. The first-order valence-electron chi connectivity index (χ1n) is 3.34. The molecule has 0 saturated carbocycles. The monoisotopic (exact) mass is 157 g/mol. The van der Waals surface area contributed by atoms with Crippen molar-refractivity contribution in [2.24, 2.45) is 10.9 Å².